The quantitative estimate of drug-likeness (QED) is 0.584. The van der Waals surface area contributed by atoms with Gasteiger partial charge in [0.25, 0.3) is 0 Å². The highest BCUT2D eigenvalue weighted by atomic mass is 35.5. The van der Waals surface area contributed by atoms with E-state index in [2.05, 4.69) is 0 Å². The van der Waals surface area contributed by atoms with E-state index in [1.807, 2.05) is 0 Å². The van der Waals surface area contributed by atoms with Crippen molar-refractivity contribution in [2.24, 2.45) is 5.92 Å². The van der Waals surface area contributed by atoms with Crippen LogP contribution in [0.25, 0.3) is 0 Å². The van der Waals surface area contributed by atoms with Crippen LogP contribution in [0.3, 0.4) is 0 Å². The molecule has 1 fully saturated rings. The molecule has 58 valence electrons. The molecule has 0 atom stereocenters. The van der Waals surface area contributed by atoms with Gasteiger partial charge in [-0.1, -0.05) is 0 Å². The lowest BCUT2D eigenvalue weighted by Gasteiger charge is -2.32. The van der Waals surface area contributed by atoms with Crippen LogP contribution in [-0.2, 0) is 9.53 Å². The zero-order chi connectivity index (χ0) is 7.56. The van der Waals surface area contributed by atoms with Crippen LogP contribution >= 0.6 is 11.6 Å². The number of hydrogen-bond donors (Lipinski definition) is 0. The first-order chi connectivity index (χ1) is 4.77. The molecule has 3 heteroatoms. The van der Waals surface area contributed by atoms with Gasteiger partial charge in [0.2, 0.25) is 0 Å². The number of carbonyl (C=O) groups excluding carboxylic acids is 1. The molecule has 0 aromatic rings. The molecule has 0 radical (unpaired) electrons. The molecule has 1 saturated carbocycles. The minimum atomic E-state index is 0.154. The van der Waals surface area contributed by atoms with Crippen molar-refractivity contribution in [2.45, 2.75) is 18.9 Å². The normalized spacial score (nSPS) is 31.4. The summed E-state index contributed by atoms with van der Waals surface area (Å²) in [4.78, 5) is 10.9. The fourth-order valence-electron chi connectivity index (χ4n) is 1.13. The van der Waals surface area contributed by atoms with Crippen LogP contribution < -0.4 is 0 Å². The summed E-state index contributed by atoms with van der Waals surface area (Å²) in [5.74, 6) is 0.499. The van der Waals surface area contributed by atoms with Crippen LogP contribution in [0.5, 0.6) is 0 Å². The van der Waals surface area contributed by atoms with Gasteiger partial charge in [-0.15, -0.1) is 11.6 Å². The van der Waals surface area contributed by atoms with Crippen molar-refractivity contribution >= 4 is 17.4 Å². The minimum absolute atomic E-state index is 0.154. The summed E-state index contributed by atoms with van der Waals surface area (Å²) in [5.41, 5.74) is 0. The van der Waals surface area contributed by atoms with Crippen LogP contribution in [0.1, 0.15) is 12.8 Å². The molecular formula is C7H11ClO2. The standard InChI is InChI=1S/C7H11ClO2/c1-10-6-2-5(3-6)7(9)4-8/h5-6H,2-4H2,1H3. The zero-order valence-corrected chi connectivity index (χ0v) is 6.73. The summed E-state index contributed by atoms with van der Waals surface area (Å²) in [5, 5.41) is 0. The molecule has 1 aliphatic rings. The van der Waals surface area contributed by atoms with Gasteiger partial charge in [-0.25, -0.2) is 0 Å². The number of carbonyl (C=O) groups is 1. The second-order valence-electron chi connectivity index (χ2n) is 2.63. The molecule has 2 nitrogen and oxygen atoms in total. The molecule has 0 amide bonds. The molecular weight excluding hydrogens is 152 g/mol. The second-order valence-corrected chi connectivity index (χ2v) is 2.89. The first-order valence-corrected chi connectivity index (χ1v) is 3.93. The van der Waals surface area contributed by atoms with Gasteiger partial charge in [-0.2, -0.15) is 0 Å². The Hall–Kier alpha value is -0.0800. The second kappa shape index (κ2) is 3.35. The average Bonchev–Trinajstić information content (AvgIpc) is 1.85. The van der Waals surface area contributed by atoms with Crippen LogP contribution in [0.4, 0.5) is 0 Å². The van der Waals surface area contributed by atoms with Crippen molar-refractivity contribution in [3.8, 4) is 0 Å². The number of Topliss-reactive ketones (excluding diaryl/α,β-unsaturated/α-hetero) is 1. The number of hydrogen-bond acceptors (Lipinski definition) is 2. The zero-order valence-electron chi connectivity index (χ0n) is 5.97. The van der Waals surface area contributed by atoms with Crippen molar-refractivity contribution in [2.75, 3.05) is 13.0 Å². The number of ketones is 1. The number of rotatable bonds is 3. The summed E-state index contributed by atoms with van der Waals surface area (Å²) in [6.07, 6.45) is 2.03. The SMILES string of the molecule is COC1CC(C(=O)CCl)C1. The Kier molecular flexibility index (Phi) is 2.69. The van der Waals surface area contributed by atoms with E-state index in [9.17, 15) is 4.79 Å². The first-order valence-electron chi connectivity index (χ1n) is 3.39. The Bertz CT molecular complexity index is 130. The maximum atomic E-state index is 10.9. The van der Waals surface area contributed by atoms with Gasteiger partial charge in [0.05, 0.1) is 12.0 Å². The highest BCUT2D eigenvalue weighted by molar-refractivity contribution is 6.27. The largest absolute Gasteiger partial charge is 0.381 e. The maximum absolute atomic E-state index is 10.9. The van der Waals surface area contributed by atoms with Gasteiger partial charge in [0.15, 0.2) is 5.78 Å². The molecule has 0 bridgehead atoms. The highest BCUT2D eigenvalue weighted by Gasteiger charge is 2.33. The monoisotopic (exact) mass is 162 g/mol. The van der Waals surface area contributed by atoms with Gasteiger partial charge in [-0.05, 0) is 12.8 Å². The third-order valence-electron chi connectivity index (χ3n) is 2.02. The van der Waals surface area contributed by atoms with Gasteiger partial charge < -0.3 is 4.74 Å². The van der Waals surface area contributed by atoms with Crippen molar-refractivity contribution in [3.05, 3.63) is 0 Å². The lowest BCUT2D eigenvalue weighted by atomic mass is 9.80. The van der Waals surface area contributed by atoms with E-state index in [0.717, 1.165) is 12.8 Å². The molecule has 0 spiro atoms. The fraction of sp³-hybridized carbons (Fsp3) is 0.857. The Morgan fingerprint density at radius 1 is 1.70 bits per heavy atom. The lowest BCUT2D eigenvalue weighted by Crippen LogP contribution is -2.36. The van der Waals surface area contributed by atoms with Crippen molar-refractivity contribution in [3.63, 3.8) is 0 Å². The third kappa shape index (κ3) is 1.50. The number of halogens is 1. The smallest absolute Gasteiger partial charge is 0.150 e. The lowest BCUT2D eigenvalue weighted by molar-refractivity contribution is -0.127. The van der Waals surface area contributed by atoms with Crippen LogP contribution in [0, 0.1) is 5.92 Å². The number of alkyl halides is 1. The van der Waals surface area contributed by atoms with E-state index in [1.165, 1.54) is 0 Å². The molecule has 0 unspecified atom stereocenters. The van der Waals surface area contributed by atoms with Crippen LogP contribution in [0.2, 0.25) is 0 Å². The third-order valence-corrected chi connectivity index (χ3v) is 2.28. The molecule has 1 rings (SSSR count). The van der Waals surface area contributed by atoms with Gasteiger partial charge >= 0.3 is 0 Å². The van der Waals surface area contributed by atoms with E-state index < -0.39 is 0 Å². The van der Waals surface area contributed by atoms with E-state index in [4.69, 9.17) is 16.3 Å². The van der Waals surface area contributed by atoms with E-state index in [0.29, 0.717) is 6.10 Å². The molecule has 1 aliphatic carbocycles. The first kappa shape index (κ1) is 8.02. The summed E-state index contributed by atoms with van der Waals surface area (Å²) < 4.78 is 5.02. The van der Waals surface area contributed by atoms with Crippen molar-refractivity contribution in [1.29, 1.82) is 0 Å². The molecule has 0 aliphatic heterocycles. The average molecular weight is 163 g/mol. The molecule has 0 aromatic heterocycles. The fourth-order valence-corrected chi connectivity index (χ4v) is 1.35. The Labute approximate surface area is 65.5 Å². The molecule has 10 heavy (non-hydrogen) atoms. The summed E-state index contributed by atoms with van der Waals surface area (Å²) in [7, 11) is 1.67. The van der Waals surface area contributed by atoms with Crippen LogP contribution in [0.15, 0.2) is 0 Å². The van der Waals surface area contributed by atoms with E-state index in [1.54, 1.807) is 7.11 Å². The predicted octanol–water partition coefficient (Wildman–Crippen LogP) is 1.22. The topological polar surface area (TPSA) is 26.3 Å². The van der Waals surface area contributed by atoms with E-state index >= 15 is 0 Å². The summed E-state index contributed by atoms with van der Waals surface area (Å²) in [6, 6.07) is 0. The van der Waals surface area contributed by atoms with Gasteiger partial charge in [0.1, 0.15) is 0 Å². The summed E-state index contributed by atoms with van der Waals surface area (Å²) >= 11 is 5.36. The van der Waals surface area contributed by atoms with Gasteiger partial charge in [0, 0.05) is 13.0 Å². The molecule has 0 N–H and O–H groups in total. The Morgan fingerprint density at radius 3 is 2.70 bits per heavy atom. The molecule has 0 saturated heterocycles. The Balaban J connectivity index is 2.19. The van der Waals surface area contributed by atoms with Crippen molar-refractivity contribution in [1.82, 2.24) is 0 Å². The van der Waals surface area contributed by atoms with Crippen LogP contribution in [-0.4, -0.2) is 24.9 Å². The predicted molar refractivity (Wildman–Crippen MR) is 39.2 cm³/mol. The Morgan fingerprint density at radius 2 is 2.30 bits per heavy atom. The molecule has 0 heterocycles. The minimum Gasteiger partial charge on any atom is -0.381 e. The number of methoxy groups -OCH3 is 1. The van der Waals surface area contributed by atoms with Gasteiger partial charge in [-0.3, -0.25) is 4.79 Å². The number of ether oxygens (including phenoxy) is 1. The highest BCUT2D eigenvalue weighted by Crippen LogP contribution is 2.30. The van der Waals surface area contributed by atoms with E-state index in [-0.39, 0.29) is 17.6 Å². The molecule has 0 aromatic carbocycles. The van der Waals surface area contributed by atoms with Crippen molar-refractivity contribution < 1.29 is 9.53 Å². The maximum Gasteiger partial charge on any atom is 0.150 e. The summed E-state index contributed by atoms with van der Waals surface area (Å²) in [6.45, 7) is 0.